The van der Waals surface area contributed by atoms with Crippen LogP contribution in [0.15, 0.2) is 33.7 Å². The molecular formula is C24H32BrN3O4. The monoisotopic (exact) mass is 505 g/mol. The van der Waals surface area contributed by atoms with Crippen LogP contribution >= 0.6 is 15.9 Å². The fourth-order valence-corrected chi connectivity index (χ4v) is 3.69. The van der Waals surface area contributed by atoms with Gasteiger partial charge in [-0.3, -0.25) is 9.78 Å². The third kappa shape index (κ3) is 7.22. The Morgan fingerprint density at radius 2 is 1.94 bits per heavy atom. The zero-order chi connectivity index (χ0) is 24.1. The molecule has 2 aromatic heterocycles. The predicted molar refractivity (Wildman–Crippen MR) is 132 cm³/mol. The van der Waals surface area contributed by atoms with E-state index in [9.17, 15) is 9.59 Å². The van der Waals surface area contributed by atoms with E-state index in [0.29, 0.717) is 17.9 Å². The van der Waals surface area contributed by atoms with Crippen molar-refractivity contribution in [3.63, 3.8) is 0 Å². The van der Waals surface area contributed by atoms with E-state index < -0.39 is 11.7 Å². The van der Waals surface area contributed by atoms with Crippen LogP contribution in [-0.4, -0.2) is 28.3 Å². The van der Waals surface area contributed by atoms with Crippen LogP contribution in [0.2, 0.25) is 0 Å². The van der Waals surface area contributed by atoms with Crippen LogP contribution in [0.1, 0.15) is 53.2 Å². The van der Waals surface area contributed by atoms with Crippen molar-refractivity contribution in [2.24, 2.45) is 11.7 Å². The number of benzene rings is 1. The predicted octanol–water partition coefficient (Wildman–Crippen LogP) is 5.84. The Morgan fingerprint density at radius 1 is 1.25 bits per heavy atom. The van der Waals surface area contributed by atoms with E-state index in [1.54, 1.807) is 27.0 Å². The lowest BCUT2D eigenvalue weighted by molar-refractivity contribution is 0.0600. The maximum Gasteiger partial charge on any atom is 0.405 e. The standard InChI is InChI=1S/C19H21BrN2O2.C5H11NO2/c1-11(2)5-4-8-24-17-10-16-14(9-15(17)20)13-6-7-21-12(3)18(13)19(23)22-16;1-5(2,3)8-4(6)7/h6-7,9-11H,4-5,8H2,1-3H3,(H,22,23);1-3H3,(H2,6,7). The topological polar surface area (TPSA) is 107 Å². The summed E-state index contributed by atoms with van der Waals surface area (Å²) in [4.78, 5) is 29.6. The first-order valence-electron chi connectivity index (χ1n) is 10.6. The average Bonchev–Trinajstić information content (AvgIpc) is 2.64. The van der Waals surface area contributed by atoms with E-state index in [0.717, 1.165) is 45.0 Å². The molecule has 2 heterocycles. The van der Waals surface area contributed by atoms with Gasteiger partial charge in [0.2, 0.25) is 0 Å². The zero-order valence-corrected chi connectivity index (χ0v) is 21.1. The highest BCUT2D eigenvalue weighted by Gasteiger charge is 2.13. The molecule has 0 unspecified atom stereocenters. The number of pyridine rings is 2. The largest absolute Gasteiger partial charge is 0.492 e. The van der Waals surface area contributed by atoms with Crippen molar-refractivity contribution >= 4 is 43.7 Å². The second kappa shape index (κ2) is 10.8. The highest BCUT2D eigenvalue weighted by Crippen LogP contribution is 2.32. The van der Waals surface area contributed by atoms with Gasteiger partial charge in [-0.25, -0.2) is 4.79 Å². The molecule has 7 nitrogen and oxygen atoms in total. The van der Waals surface area contributed by atoms with Crippen LogP contribution in [0.3, 0.4) is 0 Å². The summed E-state index contributed by atoms with van der Waals surface area (Å²) in [5, 5.41) is 2.53. The maximum absolute atomic E-state index is 12.4. The lowest BCUT2D eigenvalue weighted by Gasteiger charge is -2.16. The number of ether oxygens (including phenoxy) is 2. The third-order valence-electron chi connectivity index (χ3n) is 4.57. The summed E-state index contributed by atoms with van der Waals surface area (Å²) in [5.74, 6) is 1.43. The van der Waals surface area contributed by atoms with E-state index >= 15 is 0 Å². The van der Waals surface area contributed by atoms with Crippen LogP contribution in [0, 0.1) is 12.8 Å². The second-order valence-electron chi connectivity index (χ2n) is 9.02. The molecule has 0 aliphatic rings. The summed E-state index contributed by atoms with van der Waals surface area (Å²) in [6.45, 7) is 12.2. The molecule has 8 heteroatoms. The van der Waals surface area contributed by atoms with Crippen molar-refractivity contribution in [3.8, 4) is 5.75 Å². The van der Waals surface area contributed by atoms with Crippen LogP contribution in [0.4, 0.5) is 4.79 Å². The summed E-state index contributed by atoms with van der Waals surface area (Å²) in [7, 11) is 0. The number of fused-ring (bicyclic) bond motifs is 3. The van der Waals surface area contributed by atoms with Gasteiger partial charge in [0.15, 0.2) is 0 Å². The molecule has 0 aliphatic carbocycles. The van der Waals surface area contributed by atoms with Gasteiger partial charge in [0.05, 0.1) is 27.7 Å². The van der Waals surface area contributed by atoms with Crippen LogP contribution < -0.4 is 16.0 Å². The van der Waals surface area contributed by atoms with Crippen molar-refractivity contribution in [2.45, 2.75) is 60.0 Å². The summed E-state index contributed by atoms with van der Waals surface area (Å²) < 4.78 is 11.4. The Hall–Kier alpha value is -2.61. The molecule has 0 fully saturated rings. The van der Waals surface area contributed by atoms with Gasteiger partial charge < -0.3 is 20.2 Å². The molecule has 0 atom stereocenters. The highest BCUT2D eigenvalue weighted by atomic mass is 79.9. The summed E-state index contributed by atoms with van der Waals surface area (Å²) >= 11 is 3.59. The minimum absolute atomic E-state index is 0.115. The number of nitrogens with zero attached hydrogens (tertiary/aromatic N) is 1. The number of rotatable bonds is 5. The molecule has 3 aromatic rings. The number of nitrogens with two attached hydrogens (primary N) is 1. The SMILES string of the molecule is CC(C)(C)OC(N)=O.Cc1nccc2c1c(=O)[nH]c1cc(OCCCC(C)C)c(Br)cc12. The molecule has 0 aliphatic heterocycles. The fourth-order valence-electron chi connectivity index (χ4n) is 3.23. The number of aromatic nitrogens is 2. The van der Waals surface area contributed by atoms with Crippen molar-refractivity contribution in [2.75, 3.05) is 6.61 Å². The first kappa shape index (κ1) is 25.6. The normalized spacial score (nSPS) is 11.4. The van der Waals surface area contributed by atoms with Crippen molar-refractivity contribution < 1.29 is 14.3 Å². The summed E-state index contributed by atoms with van der Waals surface area (Å²) in [6.07, 6.45) is 3.17. The second-order valence-corrected chi connectivity index (χ2v) is 9.87. The van der Waals surface area contributed by atoms with Crippen LogP contribution in [-0.2, 0) is 4.74 Å². The molecule has 3 N–H and O–H groups in total. The molecule has 1 amide bonds. The third-order valence-corrected chi connectivity index (χ3v) is 5.19. The molecule has 174 valence electrons. The van der Waals surface area contributed by atoms with Gasteiger partial charge >= 0.3 is 6.09 Å². The van der Waals surface area contributed by atoms with Gasteiger partial charge in [0.25, 0.3) is 5.56 Å². The van der Waals surface area contributed by atoms with E-state index in [1.807, 2.05) is 25.1 Å². The molecular weight excluding hydrogens is 474 g/mol. The maximum atomic E-state index is 12.4. The molecule has 1 aromatic carbocycles. The number of aryl methyl sites for hydroxylation is 1. The van der Waals surface area contributed by atoms with E-state index in [-0.39, 0.29) is 5.56 Å². The van der Waals surface area contributed by atoms with E-state index in [1.165, 1.54) is 0 Å². The number of carbonyl (C=O) groups excluding carboxylic acids is 1. The number of hydrogen-bond acceptors (Lipinski definition) is 5. The highest BCUT2D eigenvalue weighted by molar-refractivity contribution is 9.10. The van der Waals surface area contributed by atoms with Gasteiger partial charge in [-0.15, -0.1) is 0 Å². The lowest BCUT2D eigenvalue weighted by Crippen LogP contribution is -2.27. The molecule has 0 radical (unpaired) electrons. The first-order valence-corrected chi connectivity index (χ1v) is 11.4. The Kier molecular flexibility index (Phi) is 8.66. The Balaban J connectivity index is 0.000000390. The smallest absolute Gasteiger partial charge is 0.405 e. The van der Waals surface area contributed by atoms with Gasteiger partial charge in [-0.1, -0.05) is 13.8 Å². The van der Waals surface area contributed by atoms with Crippen LogP contribution in [0.5, 0.6) is 5.75 Å². The summed E-state index contributed by atoms with van der Waals surface area (Å²) in [6, 6.07) is 5.78. The molecule has 0 spiro atoms. The number of halogens is 1. The van der Waals surface area contributed by atoms with Crippen molar-refractivity contribution in [1.29, 1.82) is 0 Å². The van der Waals surface area contributed by atoms with Crippen LogP contribution in [0.25, 0.3) is 21.7 Å². The summed E-state index contributed by atoms with van der Waals surface area (Å²) in [5.41, 5.74) is 5.66. The van der Waals surface area contributed by atoms with Gasteiger partial charge in [0.1, 0.15) is 11.4 Å². The Labute approximate surface area is 196 Å². The number of aromatic amines is 1. The average molecular weight is 506 g/mol. The van der Waals surface area contributed by atoms with Gasteiger partial charge in [-0.2, -0.15) is 0 Å². The number of H-pyrrole nitrogens is 1. The minimum Gasteiger partial charge on any atom is -0.492 e. The number of nitrogens with one attached hydrogen (secondary N) is 1. The number of hydrogen-bond donors (Lipinski definition) is 2. The molecule has 3 rings (SSSR count). The molecule has 0 bridgehead atoms. The van der Waals surface area contributed by atoms with E-state index in [4.69, 9.17) is 10.5 Å². The molecule has 32 heavy (non-hydrogen) atoms. The lowest BCUT2D eigenvalue weighted by atomic mass is 10.1. The van der Waals surface area contributed by atoms with E-state index in [2.05, 4.69) is 44.5 Å². The number of amides is 1. The quantitative estimate of drug-likeness (QED) is 0.334. The molecule has 0 saturated heterocycles. The van der Waals surface area contributed by atoms with Crippen molar-refractivity contribution in [1.82, 2.24) is 9.97 Å². The van der Waals surface area contributed by atoms with Gasteiger partial charge in [-0.05, 0) is 79.9 Å². The Morgan fingerprint density at radius 3 is 2.50 bits per heavy atom. The fraction of sp³-hybridized carbons (Fsp3) is 0.458. The number of primary amides is 1. The zero-order valence-electron chi connectivity index (χ0n) is 19.5. The van der Waals surface area contributed by atoms with Crippen molar-refractivity contribution in [3.05, 3.63) is 44.9 Å². The molecule has 0 saturated carbocycles. The Bertz CT molecular complexity index is 1150. The number of carbonyl (C=O) groups is 1. The van der Waals surface area contributed by atoms with Gasteiger partial charge in [0, 0.05) is 17.6 Å². The first-order chi connectivity index (χ1) is 14.9. The minimum atomic E-state index is -0.725.